The molecule has 4 rings (SSSR count). The van der Waals surface area contributed by atoms with Crippen molar-refractivity contribution in [3.8, 4) is 5.75 Å². The van der Waals surface area contributed by atoms with Crippen molar-refractivity contribution in [2.45, 2.75) is 37.4 Å². The first-order chi connectivity index (χ1) is 11.7. The van der Waals surface area contributed by atoms with Crippen LogP contribution in [0.5, 0.6) is 5.75 Å². The number of methoxy groups -OCH3 is 1. The van der Waals surface area contributed by atoms with Gasteiger partial charge in [-0.05, 0) is 25.3 Å². The Morgan fingerprint density at radius 2 is 2.08 bits per heavy atom. The fraction of sp³-hybridized carbons (Fsp3) is 0.647. The van der Waals surface area contributed by atoms with Crippen molar-refractivity contribution in [1.29, 1.82) is 0 Å². The lowest BCUT2D eigenvalue weighted by atomic mass is 10.0. The van der Waals surface area contributed by atoms with Crippen LogP contribution < -0.4 is 15.0 Å². The van der Waals surface area contributed by atoms with Gasteiger partial charge in [-0.15, -0.1) is 0 Å². The molecule has 2 atom stereocenters. The highest BCUT2D eigenvalue weighted by Crippen LogP contribution is 2.34. The summed E-state index contributed by atoms with van der Waals surface area (Å²) in [5.41, 5.74) is 1.04. The molecule has 7 heteroatoms. The number of hydrogen-bond acceptors (Lipinski definition) is 6. The molecule has 3 aliphatic heterocycles. The summed E-state index contributed by atoms with van der Waals surface area (Å²) in [7, 11) is 1.48. The van der Waals surface area contributed by atoms with Gasteiger partial charge >= 0.3 is 5.69 Å². The van der Waals surface area contributed by atoms with E-state index in [2.05, 4.69) is 15.1 Å². The van der Waals surface area contributed by atoms with Crippen LogP contribution in [-0.2, 0) is 0 Å². The van der Waals surface area contributed by atoms with E-state index < -0.39 is 4.92 Å². The van der Waals surface area contributed by atoms with E-state index in [0.29, 0.717) is 17.8 Å². The van der Waals surface area contributed by atoms with Gasteiger partial charge in [0, 0.05) is 62.1 Å². The lowest BCUT2D eigenvalue weighted by molar-refractivity contribution is -0.385. The van der Waals surface area contributed by atoms with Gasteiger partial charge in [0.1, 0.15) is 0 Å². The second kappa shape index (κ2) is 6.22. The molecule has 1 aromatic carbocycles. The maximum Gasteiger partial charge on any atom is 0.311 e. The predicted molar refractivity (Wildman–Crippen MR) is 91.8 cm³/mol. The number of fused-ring (bicyclic) bond motifs is 2. The van der Waals surface area contributed by atoms with Gasteiger partial charge < -0.3 is 15.0 Å². The zero-order chi connectivity index (χ0) is 16.7. The maximum atomic E-state index is 11.0. The van der Waals surface area contributed by atoms with Gasteiger partial charge in [0.25, 0.3) is 0 Å². The van der Waals surface area contributed by atoms with Crippen LogP contribution >= 0.6 is 0 Å². The second-order valence-electron chi connectivity index (χ2n) is 7.02. The molecule has 3 heterocycles. The molecule has 0 spiro atoms. The van der Waals surface area contributed by atoms with Crippen LogP contribution in [-0.4, -0.2) is 61.2 Å². The molecule has 0 radical (unpaired) electrons. The molecule has 7 nitrogen and oxygen atoms in total. The van der Waals surface area contributed by atoms with Crippen molar-refractivity contribution >= 4 is 11.4 Å². The molecule has 1 aromatic rings. The number of anilines is 1. The van der Waals surface area contributed by atoms with Crippen LogP contribution in [0.1, 0.15) is 19.3 Å². The number of rotatable bonds is 4. The zero-order valence-corrected chi connectivity index (χ0v) is 14.0. The van der Waals surface area contributed by atoms with Crippen molar-refractivity contribution in [3.05, 3.63) is 28.3 Å². The van der Waals surface area contributed by atoms with Crippen molar-refractivity contribution in [2.24, 2.45) is 0 Å². The number of piperidine rings is 1. The van der Waals surface area contributed by atoms with Gasteiger partial charge in [0.2, 0.25) is 0 Å². The van der Waals surface area contributed by atoms with Crippen LogP contribution in [0.25, 0.3) is 0 Å². The van der Waals surface area contributed by atoms with Crippen LogP contribution in [0.3, 0.4) is 0 Å². The third-order valence-corrected chi connectivity index (χ3v) is 5.76. The second-order valence-corrected chi connectivity index (χ2v) is 7.02. The molecule has 130 valence electrons. The fourth-order valence-corrected chi connectivity index (χ4v) is 4.51. The van der Waals surface area contributed by atoms with Gasteiger partial charge in [0.15, 0.2) is 5.75 Å². The van der Waals surface area contributed by atoms with Crippen LogP contribution in [0.2, 0.25) is 0 Å². The highest BCUT2D eigenvalue weighted by Gasteiger charge is 2.41. The van der Waals surface area contributed by atoms with Gasteiger partial charge in [-0.2, -0.15) is 0 Å². The normalized spacial score (nSPS) is 27.6. The molecule has 3 saturated heterocycles. The van der Waals surface area contributed by atoms with Crippen molar-refractivity contribution < 1.29 is 9.66 Å². The summed E-state index contributed by atoms with van der Waals surface area (Å²) >= 11 is 0. The number of ether oxygens (including phenoxy) is 1. The van der Waals surface area contributed by atoms with Gasteiger partial charge in [-0.25, -0.2) is 0 Å². The van der Waals surface area contributed by atoms with Crippen molar-refractivity contribution in [1.82, 2.24) is 10.2 Å². The third-order valence-electron chi connectivity index (χ3n) is 5.76. The Morgan fingerprint density at radius 1 is 1.29 bits per heavy atom. The monoisotopic (exact) mass is 332 g/mol. The minimum Gasteiger partial charge on any atom is -0.490 e. The Kier molecular flexibility index (Phi) is 4.05. The van der Waals surface area contributed by atoms with E-state index in [9.17, 15) is 10.1 Å². The molecule has 0 aliphatic carbocycles. The molecule has 0 aromatic heterocycles. The first-order valence-electron chi connectivity index (χ1n) is 8.72. The van der Waals surface area contributed by atoms with E-state index in [0.717, 1.165) is 44.2 Å². The summed E-state index contributed by atoms with van der Waals surface area (Å²) < 4.78 is 5.19. The Hall–Kier alpha value is -1.86. The number of benzene rings is 1. The van der Waals surface area contributed by atoms with Crippen LogP contribution in [0.4, 0.5) is 11.4 Å². The quantitative estimate of drug-likeness (QED) is 0.667. The van der Waals surface area contributed by atoms with E-state index in [1.54, 1.807) is 12.1 Å². The highest BCUT2D eigenvalue weighted by molar-refractivity contribution is 5.59. The van der Waals surface area contributed by atoms with E-state index in [1.165, 1.54) is 20.1 Å². The number of nitro benzene ring substituents is 1. The summed E-state index contributed by atoms with van der Waals surface area (Å²) in [6.45, 7) is 4.32. The van der Waals surface area contributed by atoms with E-state index in [1.807, 2.05) is 6.07 Å². The Balaban J connectivity index is 1.41. The number of nitrogens with zero attached hydrogens (tertiary/aromatic N) is 3. The molecule has 0 unspecified atom stereocenters. The first kappa shape index (κ1) is 15.7. The van der Waals surface area contributed by atoms with Gasteiger partial charge in [-0.1, -0.05) is 0 Å². The first-order valence-corrected chi connectivity index (χ1v) is 8.72. The predicted octanol–water partition coefficient (Wildman–Crippen LogP) is 1.62. The number of nitrogens with one attached hydrogen (secondary N) is 1. The summed E-state index contributed by atoms with van der Waals surface area (Å²) in [4.78, 5) is 15.6. The summed E-state index contributed by atoms with van der Waals surface area (Å²) in [6.07, 6.45) is 3.62. The van der Waals surface area contributed by atoms with Crippen molar-refractivity contribution in [3.63, 3.8) is 0 Å². The van der Waals surface area contributed by atoms with E-state index in [-0.39, 0.29) is 5.69 Å². The highest BCUT2D eigenvalue weighted by atomic mass is 16.6. The van der Waals surface area contributed by atoms with Crippen molar-refractivity contribution in [2.75, 3.05) is 38.2 Å². The number of nitro groups is 1. The average molecular weight is 332 g/mol. The lowest BCUT2D eigenvalue weighted by Gasteiger charge is -2.41. The molecule has 0 saturated carbocycles. The molecule has 3 aliphatic rings. The van der Waals surface area contributed by atoms with Gasteiger partial charge in [-0.3, -0.25) is 15.0 Å². The molecule has 3 fully saturated rings. The standard InChI is InChI=1S/C17H24N4O3/c1-24-17-9-14(2-3-16(17)21(22)23)19-6-4-13(5-7-19)20-11-12-8-15(20)10-18-12/h2-3,9,12-13,15,18H,4-8,10-11H2,1H3/t12-,15-/m1/s1. The zero-order valence-electron chi connectivity index (χ0n) is 14.0. The largest absolute Gasteiger partial charge is 0.490 e. The summed E-state index contributed by atoms with van der Waals surface area (Å²) in [6, 6.07) is 7.28. The minimum absolute atomic E-state index is 0.0247. The molecule has 24 heavy (non-hydrogen) atoms. The Morgan fingerprint density at radius 3 is 2.67 bits per heavy atom. The summed E-state index contributed by atoms with van der Waals surface area (Å²) in [5, 5.41) is 14.6. The topological polar surface area (TPSA) is 70.9 Å². The van der Waals surface area contributed by atoms with E-state index in [4.69, 9.17) is 4.74 Å². The minimum atomic E-state index is -0.398. The number of piperazine rings is 1. The third kappa shape index (κ3) is 2.71. The molecular weight excluding hydrogens is 308 g/mol. The molecule has 0 amide bonds. The lowest BCUT2D eigenvalue weighted by Crippen LogP contribution is -2.52. The SMILES string of the molecule is COc1cc(N2CCC(N3C[C@H]4C[C@@H]3CN4)CC2)ccc1[N+](=O)[O-]. The molecule has 2 bridgehead atoms. The Labute approximate surface area is 141 Å². The Bertz CT molecular complexity index is 630. The smallest absolute Gasteiger partial charge is 0.311 e. The number of hydrogen-bond donors (Lipinski definition) is 1. The summed E-state index contributed by atoms with van der Waals surface area (Å²) in [5.74, 6) is 0.336. The van der Waals surface area contributed by atoms with Crippen LogP contribution in [0, 0.1) is 10.1 Å². The van der Waals surface area contributed by atoms with Gasteiger partial charge in [0.05, 0.1) is 12.0 Å². The number of likely N-dealkylation sites (tertiary alicyclic amines) is 1. The molecular formula is C17H24N4O3. The maximum absolute atomic E-state index is 11.0. The molecule has 1 N–H and O–H groups in total. The van der Waals surface area contributed by atoms with E-state index >= 15 is 0 Å². The fourth-order valence-electron chi connectivity index (χ4n) is 4.51. The van der Waals surface area contributed by atoms with Crippen LogP contribution in [0.15, 0.2) is 18.2 Å². The average Bonchev–Trinajstić information content (AvgIpc) is 3.24.